The maximum Gasteiger partial charge on any atom is 0.231 e. The molecule has 2 aromatic carbocycles. The van der Waals surface area contributed by atoms with Crippen LogP contribution in [0.2, 0.25) is 0 Å². The Bertz CT molecular complexity index is 945. The summed E-state index contributed by atoms with van der Waals surface area (Å²) in [6.45, 7) is 3.00. The zero-order chi connectivity index (χ0) is 17.4. The average molecular weight is 336 g/mol. The Kier molecular flexibility index (Phi) is 3.84. The SMILES string of the molecule is C[C@H](C(=O)Nc1ccc2c(c1)OCCO2)c1cn(C)c2ccccc12. The van der Waals surface area contributed by atoms with Crippen molar-refractivity contribution in [3.63, 3.8) is 0 Å². The predicted octanol–water partition coefficient (Wildman–Crippen LogP) is 3.69. The van der Waals surface area contributed by atoms with E-state index in [0.717, 1.165) is 16.5 Å². The fourth-order valence-electron chi connectivity index (χ4n) is 3.23. The number of nitrogens with zero attached hydrogens (tertiary/aromatic N) is 1. The minimum atomic E-state index is -0.265. The van der Waals surface area contributed by atoms with Gasteiger partial charge in [0.15, 0.2) is 11.5 Å². The van der Waals surface area contributed by atoms with E-state index in [4.69, 9.17) is 9.47 Å². The highest BCUT2D eigenvalue weighted by molar-refractivity contribution is 5.99. The second kappa shape index (κ2) is 6.16. The van der Waals surface area contributed by atoms with Crippen LogP contribution in [0.1, 0.15) is 18.4 Å². The maximum absolute atomic E-state index is 12.7. The van der Waals surface area contributed by atoms with E-state index in [2.05, 4.69) is 22.0 Å². The molecule has 3 aromatic rings. The molecule has 0 aliphatic carbocycles. The van der Waals surface area contributed by atoms with Gasteiger partial charge in [0.1, 0.15) is 13.2 Å². The van der Waals surface area contributed by atoms with Gasteiger partial charge in [-0.1, -0.05) is 18.2 Å². The number of carbonyl (C=O) groups is 1. The number of ether oxygens (including phenoxy) is 2. The smallest absolute Gasteiger partial charge is 0.231 e. The lowest BCUT2D eigenvalue weighted by Crippen LogP contribution is -2.19. The molecule has 128 valence electrons. The standard InChI is InChI=1S/C20H20N2O3/c1-13(16-12-22(2)17-6-4-3-5-15(16)17)20(23)21-14-7-8-18-19(11-14)25-10-9-24-18/h3-8,11-13H,9-10H2,1-2H3,(H,21,23)/t13-/m0/s1. The van der Waals surface area contributed by atoms with Gasteiger partial charge in [-0.15, -0.1) is 0 Å². The van der Waals surface area contributed by atoms with Crippen molar-refractivity contribution in [3.8, 4) is 11.5 Å². The molecule has 2 heterocycles. The van der Waals surface area contributed by atoms with E-state index in [1.54, 1.807) is 0 Å². The molecule has 25 heavy (non-hydrogen) atoms. The third-order valence-corrected chi connectivity index (χ3v) is 4.60. The molecule has 1 aliphatic heterocycles. The van der Waals surface area contributed by atoms with Crippen LogP contribution >= 0.6 is 0 Å². The number of aromatic nitrogens is 1. The fraction of sp³-hybridized carbons (Fsp3) is 0.250. The number of hydrogen-bond acceptors (Lipinski definition) is 3. The first-order valence-electron chi connectivity index (χ1n) is 8.38. The Morgan fingerprint density at radius 2 is 1.88 bits per heavy atom. The number of hydrogen-bond donors (Lipinski definition) is 1. The molecule has 1 aliphatic rings. The Morgan fingerprint density at radius 3 is 2.72 bits per heavy atom. The van der Waals surface area contributed by atoms with Crippen LogP contribution in [0.25, 0.3) is 10.9 Å². The number of para-hydroxylation sites is 1. The number of anilines is 1. The molecular weight excluding hydrogens is 316 g/mol. The van der Waals surface area contributed by atoms with Gasteiger partial charge >= 0.3 is 0 Å². The van der Waals surface area contributed by atoms with Gasteiger partial charge in [-0.3, -0.25) is 4.79 Å². The molecule has 5 heteroatoms. The Labute approximate surface area is 146 Å². The minimum Gasteiger partial charge on any atom is -0.486 e. The van der Waals surface area contributed by atoms with E-state index in [0.29, 0.717) is 30.4 Å². The third-order valence-electron chi connectivity index (χ3n) is 4.60. The largest absolute Gasteiger partial charge is 0.486 e. The van der Waals surface area contributed by atoms with Crippen LogP contribution in [0.4, 0.5) is 5.69 Å². The molecule has 0 spiro atoms. The normalized spacial score (nSPS) is 14.3. The van der Waals surface area contributed by atoms with Crippen molar-refractivity contribution in [1.29, 1.82) is 0 Å². The summed E-state index contributed by atoms with van der Waals surface area (Å²) in [5, 5.41) is 4.09. The second-order valence-corrected chi connectivity index (χ2v) is 6.28. The van der Waals surface area contributed by atoms with E-state index in [9.17, 15) is 4.79 Å². The van der Waals surface area contributed by atoms with Crippen LogP contribution in [0.3, 0.4) is 0 Å². The van der Waals surface area contributed by atoms with Crippen molar-refractivity contribution < 1.29 is 14.3 Å². The van der Waals surface area contributed by atoms with Crippen molar-refractivity contribution in [2.45, 2.75) is 12.8 Å². The van der Waals surface area contributed by atoms with Gasteiger partial charge in [-0.2, -0.15) is 0 Å². The first-order valence-corrected chi connectivity index (χ1v) is 8.38. The molecule has 0 unspecified atom stereocenters. The third kappa shape index (κ3) is 2.82. The zero-order valence-corrected chi connectivity index (χ0v) is 14.3. The van der Waals surface area contributed by atoms with E-state index in [1.165, 1.54) is 0 Å². The summed E-state index contributed by atoms with van der Waals surface area (Å²) >= 11 is 0. The van der Waals surface area contributed by atoms with Crippen LogP contribution in [0.5, 0.6) is 11.5 Å². The molecule has 1 aromatic heterocycles. The van der Waals surface area contributed by atoms with Gasteiger partial charge in [0.25, 0.3) is 0 Å². The van der Waals surface area contributed by atoms with Gasteiger partial charge in [0.2, 0.25) is 5.91 Å². The molecule has 1 N–H and O–H groups in total. The first-order chi connectivity index (χ1) is 12.1. The van der Waals surface area contributed by atoms with Crippen molar-refractivity contribution in [1.82, 2.24) is 4.57 Å². The first kappa shape index (κ1) is 15.6. The lowest BCUT2D eigenvalue weighted by molar-refractivity contribution is -0.117. The van der Waals surface area contributed by atoms with Gasteiger partial charge < -0.3 is 19.4 Å². The van der Waals surface area contributed by atoms with Gasteiger partial charge in [0.05, 0.1) is 5.92 Å². The Balaban J connectivity index is 1.58. The summed E-state index contributed by atoms with van der Waals surface area (Å²) in [7, 11) is 2.00. The maximum atomic E-state index is 12.7. The molecule has 5 nitrogen and oxygen atoms in total. The Morgan fingerprint density at radius 1 is 1.12 bits per heavy atom. The molecule has 0 saturated carbocycles. The van der Waals surface area contributed by atoms with Crippen molar-refractivity contribution in [3.05, 3.63) is 54.2 Å². The quantitative estimate of drug-likeness (QED) is 0.793. The zero-order valence-electron chi connectivity index (χ0n) is 14.3. The number of rotatable bonds is 3. The summed E-state index contributed by atoms with van der Waals surface area (Å²) in [4.78, 5) is 12.7. The molecule has 0 bridgehead atoms. The van der Waals surface area contributed by atoms with Crippen molar-refractivity contribution in [2.75, 3.05) is 18.5 Å². The average Bonchev–Trinajstić information content (AvgIpc) is 2.98. The van der Waals surface area contributed by atoms with E-state index >= 15 is 0 Å². The molecule has 0 fully saturated rings. The molecule has 4 rings (SSSR count). The number of carbonyl (C=O) groups excluding carboxylic acids is 1. The summed E-state index contributed by atoms with van der Waals surface area (Å²) < 4.78 is 13.1. The highest BCUT2D eigenvalue weighted by atomic mass is 16.6. The topological polar surface area (TPSA) is 52.5 Å². The van der Waals surface area contributed by atoms with Crippen LogP contribution < -0.4 is 14.8 Å². The highest BCUT2D eigenvalue weighted by Crippen LogP contribution is 2.33. The summed E-state index contributed by atoms with van der Waals surface area (Å²) in [5.74, 6) is 1.07. The lowest BCUT2D eigenvalue weighted by Gasteiger charge is -2.19. The van der Waals surface area contributed by atoms with Gasteiger partial charge in [-0.25, -0.2) is 0 Å². The van der Waals surface area contributed by atoms with Gasteiger partial charge in [0, 0.05) is 35.9 Å². The number of nitrogens with one attached hydrogen (secondary N) is 1. The van der Waals surface area contributed by atoms with Crippen molar-refractivity contribution in [2.24, 2.45) is 7.05 Å². The number of aryl methyl sites for hydroxylation is 1. The van der Waals surface area contributed by atoms with Crippen LogP contribution in [-0.2, 0) is 11.8 Å². The number of amides is 1. The summed E-state index contributed by atoms with van der Waals surface area (Å²) in [5.41, 5.74) is 2.85. The summed E-state index contributed by atoms with van der Waals surface area (Å²) in [6.07, 6.45) is 2.03. The molecule has 1 amide bonds. The predicted molar refractivity (Wildman–Crippen MR) is 97.4 cm³/mol. The van der Waals surface area contributed by atoms with Crippen LogP contribution in [0, 0.1) is 0 Å². The van der Waals surface area contributed by atoms with Crippen LogP contribution in [-0.4, -0.2) is 23.7 Å². The summed E-state index contributed by atoms with van der Waals surface area (Å²) in [6, 6.07) is 13.6. The number of fused-ring (bicyclic) bond motifs is 2. The minimum absolute atomic E-state index is 0.0481. The lowest BCUT2D eigenvalue weighted by atomic mass is 9.99. The van der Waals surface area contributed by atoms with E-state index < -0.39 is 0 Å². The molecule has 0 radical (unpaired) electrons. The van der Waals surface area contributed by atoms with E-state index in [-0.39, 0.29) is 11.8 Å². The van der Waals surface area contributed by atoms with Gasteiger partial charge in [-0.05, 0) is 30.7 Å². The number of benzene rings is 2. The highest BCUT2D eigenvalue weighted by Gasteiger charge is 2.21. The molecule has 1 atom stereocenters. The monoisotopic (exact) mass is 336 g/mol. The second-order valence-electron chi connectivity index (χ2n) is 6.28. The van der Waals surface area contributed by atoms with Crippen LogP contribution in [0.15, 0.2) is 48.7 Å². The molecular formula is C20H20N2O3. The molecule has 0 saturated heterocycles. The van der Waals surface area contributed by atoms with Crippen molar-refractivity contribution >= 4 is 22.5 Å². The Hall–Kier alpha value is -2.95. The fourth-order valence-corrected chi connectivity index (χ4v) is 3.23. The van der Waals surface area contributed by atoms with E-state index in [1.807, 2.05) is 50.5 Å².